The number of hydrogen-bond acceptors (Lipinski definition) is 3. The molecule has 0 aliphatic rings. The Balaban J connectivity index is 2.58. The first kappa shape index (κ1) is 17.5. The Morgan fingerprint density at radius 3 is 1.83 bits per heavy atom. The molecule has 0 N–H and O–H groups in total. The summed E-state index contributed by atoms with van der Waals surface area (Å²) in [4.78, 5) is 11.7. The third-order valence-electron chi connectivity index (χ3n) is 3.55. The van der Waals surface area contributed by atoms with Crippen molar-refractivity contribution in [2.45, 2.75) is 31.7 Å². The van der Waals surface area contributed by atoms with E-state index in [-0.39, 0.29) is 4.90 Å². The van der Waals surface area contributed by atoms with Crippen molar-refractivity contribution in [3.63, 3.8) is 0 Å². The van der Waals surface area contributed by atoms with Crippen LogP contribution in [-0.2, 0) is 14.8 Å². The molecule has 0 heterocycles. The molecule has 2 aromatic rings. The summed E-state index contributed by atoms with van der Waals surface area (Å²) in [5.41, 5.74) is 2.34. The summed E-state index contributed by atoms with van der Waals surface area (Å²) in [5, 5.41) is -0.735. The van der Waals surface area contributed by atoms with Gasteiger partial charge < -0.3 is 0 Å². The summed E-state index contributed by atoms with van der Waals surface area (Å²) in [6, 6.07) is 12.4. The summed E-state index contributed by atoms with van der Waals surface area (Å²) in [5.74, 6) is 0. The van der Waals surface area contributed by atoms with Gasteiger partial charge in [0, 0.05) is 0 Å². The SMILES string of the molecule is Cc1ccc(N(C(C)C(=O)Cl)S(=O)(=O)c2ccc(C)cc2)cc1. The standard InChI is InChI=1S/C17H18ClNO3S/c1-12-4-8-15(9-5-12)19(14(3)17(18)20)23(21,22)16-10-6-13(2)7-11-16/h4-11,14H,1-3H3. The summed E-state index contributed by atoms with van der Waals surface area (Å²) < 4.78 is 27.0. The quantitative estimate of drug-likeness (QED) is 0.772. The second-order valence-corrected chi connectivity index (χ2v) is 7.62. The number of carbonyl (C=O) groups excluding carboxylic acids is 1. The van der Waals surface area contributed by atoms with Crippen LogP contribution in [0, 0.1) is 13.8 Å². The van der Waals surface area contributed by atoms with Gasteiger partial charge in [-0.2, -0.15) is 0 Å². The van der Waals surface area contributed by atoms with Gasteiger partial charge >= 0.3 is 0 Å². The minimum atomic E-state index is -3.90. The molecule has 2 rings (SSSR count). The van der Waals surface area contributed by atoms with E-state index in [9.17, 15) is 13.2 Å². The van der Waals surface area contributed by atoms with Crippen LogP contribution in [0.3, 0.4) is 0 Å². The van der Waals surface area contributed by atoms with Crippen LogP contribution in [0.25, 0.3) is 0 Å². The van der Waals surface area contributed by atoms with Crippen LogP contribution < -0.4 is 4.31 Å². The lowest BCUT2D eigenvalue weighted by Crippen LogP contribution is -2.42. The summed E-state index contributed by atoms with van der Waals surface area (Å²) in [7, 11) is -3.90. The first-order chi connectivity index (χ1) is 10.7. The predicted molar refractivity (Wildman–Crippen MR) is 92.3 cm³/mol. The van der Waals surface area contributed by atoms with Crippen molar-refractivity contribution in [2.24, 2.45) is 0 Å². The molecule has 0 saturated carbocycles. The molecule has 0 aliphatic heterocycles. The largest absolute Gasteiger partial charge is 0.279 e. The molecule has 0 bridgehead atoms. The van der Waals surface area contributed by atoms with E-state index in [1.54, 1.807) is 36.4 Å². The number of rotatable bonds is 5. The van der Waals surface area contributed by atoms with Gasteiger partial charge in [-0.25, -0.2) is 8.42 Å². The molecule has 0 radical (unpaired) electrons. The number of sulfonamides is 1. The summed E-state index contributed by atoms with van der Waals surface area (Å²) in [6.45, 7) is 5.25. The van der Waals surface area contributed by atoms with Gasteiger partial charge in [0.05, 0.1) is 10.6 Å². The molecule has 0 aromatic heterocycles. The van der Waals surface area contributed by atoms with Gasteiger partial charge in [0.15, 0.2) is 0 Å². The molecule has 0 aliphatic carbocycles. The summed E-state index contributed by atoms with van der Waals surface area (Å²) >= 11 is 5.58. The minimum Gasteiger partial charge on any atom is -0.279 e. The molecule has 0 amide bonds. The normalized spacial score (nSPS) is 12.7. The van der Waals surface area contributed by atoms with E-state index in [1.807, 2.05) is 13.8 Å². The molecular formula is C17H18ClNO3S. The lowest BCUT2D eigenvalue weighted by molar-refractivity contribution is -0.112. The highest BCUT2D eigenvalue weighted by Gasteiger charge is 2.32. The van der Waals surface area contributed by atoms with Crippen LogP contribution >= 0.6 is 11.6 Å². The van der Waals surface area contributed by atoms with Crippen molar-refractivity contribution in [1.29, 1.82) is 0 Å². The first-order valence-corrected chi connectivity index (χ1v) is 8.92. The maximum atomic E-state index is 13.0. The minimum absolute atomic E-state index is 0.119. The zero-order valence-electron chi connectivity index (χ0n) is 13.2. The molecule has 2 aromatic carbocycles. The van der Waals surface area contributed by atoms with E-state index in [0.29, 0.717) is 5.69 Å². The van der Waals surface area contributed by atoms with Crippen LogP contribution in [0.2, 0.25) is 0 Å². The Bertz CT molecular complexity index is 799. The number of benzene rings is 2. The van der Waals surface area contributed by atoms with Gasteiger partial charge in [-0.3, -0.25) is 9.10 Å². The third-order valence-corrected chi connectivity index (χ3v) is 5.78. The van der Waals surface area contributed by atoms with Crippen molar-refractivity contribution in [3.05, 3.63) is 59.7 Å². The van der Waals surface area contributed by atoms with E-state index < -0.39 is 21.3 Å². The smallest absolute Gasteiger partial charge is 0.265 e. The average Bonchev–Trinajstić information content (AvgIpc) is 2.49. The lowest BCUT2D eigenvalue weighted by Gasteiger charge is -2.28. The highest BCUT2D eigenvalue weighted by molar-refractivity contribution is 7.93. The van der Waals surface area contributed by atoms with Crippen molar-refractivity contribution in [1.82, 2.24) is 0 Å². The van der Waals surface area contributed by atoms with Crippen molar-refractivity contribution in [3.8, 4) is 0 Å². The molecule has 4 nitrogen and oxygen atoms in total. The second kappa shape index (κ2) is 6.72. The zero-order valence-corrected chi connectivity index (χ0v) is 14.7. The Morgan fingerprint density at radius 2 is 1.39 bits per heavy atom. The van der Waals surface area contributed by atoms with Crippen LogP contribution in [0.5, 0.6) is 0 Å². The van der Waals surface area contributed by atoms with Crippen molar-refractivity contribution < 1.29 is 13.2 Å². The fraction of sp³-hybridized carbons (Fsp3) is 0.235. The van der Waals surface area contributed by atoms with Gasteiger partial charge in [0.2, 0.25) is 5.24 Å². The first-order valence-electron chi connectivity index (χ1n) is 7.10. The van der Waals surface area contributed by atoms with Gasteiger partial charge in [-0.05, 0) is 56.6 Å². The van der Waals surface area contributed by atoms with E-state index in [2.05, 4.69) is 0 Å². The molecule has 0 saturated heterocycles. The van der Waals surface area contributed by atoms with Gasteiger partial charge in [0.1, 0.15) is 6.04 Å². The highest BCUT2D eigenvalue weighted by atomic mass is 35.5. The molecular weight excluding hydrogens is 334 g/mol. The zero-order chi connectivity index (χ0) is 17.2. The third kappa shape index (κ3) is 3.74. The molecule has 0 spiro atoms. The fourth-order valence-corrected chi connectivity index (χ4v) is 3.95. The van der Waals surface area contributed by atoms with E-state index in [1.165, 1.54) is 19.1 Å². The Kier molecular flexibility index (Phi) is 5.12. The average molecular weight is 352 g/mol. The number of nitrogens with zero attached hydrogens (tertiary/aromatic N) is 1. The number of hydrogen-bond donors (Lipinski definition) is 0. The van der Waals surface area contributed by atoms with E-state index in [0.717, 1.165) is 15.4 Å². The Morgan fingerprint density at radius 1 is 0.957 bits per heavy atom. The van der Waals surface area contributed by atoms with Gasteiger partial charge in [-0.15, -0.1) is 0 Å². The highest BCUT2D eigenvalue weighted by Crippen LogP contribution is 2.27. The second-order valence-electron chi connectivity index (χ2n) is 5.43. The Hall–Kier alpha value is -1.85. The van der Waals surface area contributed by atoms with Crippen LogP contribution in [0.4, 0.5) is 5.69 Å². The topological polar surface area (TPSA) is 54.5 Å². The number of carbonyl (C=O) groups is 1. The van der Waals surface area contributed by atoms with E-state index in [4.69, 9.17) is 11.6 Å². The number of aryl methyl sites for hydroxylation is 2. The van der Waals surface area contributed by atoms with Gasteiger partial charge in [0.25, 0.3) is 10.0 Å². The fourth-order valence-electron chi connectivity index (χ4n) is 2.18. The Labute approximate surface area is 141 Å². The van der Waals surface area contributed by atoms with Crippen LogP contribution in [0.15, 0.2) is 53.4 Å². The van der Waals surface area contributed by atoms with Gasteiger partial charge in [-0.1, -0.05) is 35.4 Å². The monoisotopic (exact) mass is 351 g/mol. The maximum Gasteiger partial charge on any atom is 0.265 e. The predicted octanol–water partition coefficient (Wildman–Crippen LogP) is 3.65. The van der Waals surface area contributed by atoms with Crippen LogP contribution in [-0.4, -0.2) is 19.7 Å². The molecule has 122 valence electrons. The van der Waals surface area contributed by atoms with Crippen molar-refractivity contribution >= 4 is 32.6 Å². The number of halogens is 1. The van der Waals surface area contributed by atoms with Crippen LogP contribution in [0.1, 0.15) is 18.1 Å². The maximum absolute atomic E-state index is 13.0. The summed E-state index contributed by atoms with van der Waals surface area (Å²) in [6.07, 6.45) is 0. The molecule has 0 fully saturated rings. The lowest BCUT2D eigenvalue weighted by atomic mass is 10.2. The van der Waals surface area contributed by atoms with Crippen molar-refractivity contribution in [2.75, 3.05) is 4.31 Å². The van der Waals surface area contributed by atoms with E-state index >= 15 is 0 Å². The molecule has 6 heteroatoms. The molecule has 1 unspecified atom stereocenters. The number of anilines is 1. The molecule has 23 heavy (non-hydrogen) atoms. The molecule has 1 atom stereocenters.